The number of carbonyl (C=O) groups excluding carboxylic acids is 2. The number of esters is 1. The van der Waals surface area contributed by atoms with E-state index in [9.17, 15) is 18.0 Å². The van der Waals surface area contributed by atoms with Gasteiger partial charge in [0.25, 0.3) is 0 Å². The molecule has 0 saturated heterocycles. The maximum absolute atomic E-state index is 11.6. The second-order valence-corrected chi connectivity index (χ2v) is 6.28. The van der Waals surface area contributed by atoms with Gasteiger partial charge in [0.1, 0.15) is 5.75 Å². The van der Waals surface area contributed by atoms with Crippen LogP contribution in [0.25, 0.3) is 0 Å². The molecule has 20 heavy (non-hydrogen) atoms. The molecule has 1 aromatic carbocycles. The Hall–Kier alpha value is -2.09. The number of nitrogens with two attached hydrogens (primary N) is 1. The van der Waals surface area contributed by atoms with Gasteiger partial charge in [-0.3, -0.25) is 9.59 Å². The fraction of sp³-hybridized carbons (Fsp3) is 0.333. The largest absolute Gasteiger partial charge is 0.468 e. The molecule has 0 aromatic heterocycles. The van der Waals surface area contributed by atoms with Gasteiger partial charge in [0, 0.05) is 17.8 Å². The van der Waals surface area contributed by atoms with Crippen molar-refractivity contribution in [2.45, 2.75) is 6.42 Å². The van der Waals surface area contributed by atoms with Gasteiger partial charge in [-0.05, 0) is 18.2 Å². The summed E-state index contributed by atoms with van der Waals surface area (Å²) in [5.74, 6) is -2.46. The SMILES string of the molecule is COC(=O)CS(=O)(=O)CCC(=O)Nc1cccc(N)c1. The molecule has 0 fully saturated rings. The molecule has 0 unspecified atom stereocenters. The molecular weight excluding hydrogens is 284 g/mol. The third kappa shape index (κ3) is 5.70. The van der Waals surface area contributed by atoms with E-state index in [2.05, 4.69) is 10.1 Å². The Morgan fingerprint density at radius 2 is 2.05 bits per heavy atom. The number of hydrogen-bond donors (Lipinski definition) is 2. The van der Waals surface area contributed by atoms with Gasteiger partial charge in [0.2, 0.25) is 5.91 Å². The Morgan fingerprint density at radius 3 is 2.65 bits per heavy atom. The van der Waals surface area contributed by atoms with Crippen LogP contribution in [0.2, 0.25) is 0 Å². The van der Waals surface area contributed by atoms with Gasteiger partial charge in [0.15, 0.2) is 9.84 Å². The first-order chi connectivity index (χ1) is 9.32. The highest BCUT2D eigenvalue weighted by molar-refractivity contribution is 7.92. The molecule has 0 radical (unpaired) electrons. The molecule has 0 heterocycles. The summed E-state index contributed by atoms with van der Waals surface area (Å²) in [5.41, 5.74) is 6.52. The minimum absolute atomic E-state index is 0.242. The second kappa shape index (κ2) is 6.90. The van der Waals surface area contributed by atoms with Gasteiger partial charge < -0.3 is 15.8 Å². The number of nitrogen functional groups attached to an aromatic ring is 1. The maximum Gasteiger partial charge on any atom is 0.320 e. The lowest BCUT2D eigenvalue weighted by Crippen LogP contribution is -2.23. The Bertz CT molecular complexity index is 598. The van der Waals surface area contributed by atoms with Crippen LogP contribution in [0.5, 0.6) is 0 Å². The normalized spacial score (nSPS) is 10.8. The highest BCUT2D eigenvalue weighted by Gasteiger charge is 2.18. The van der Waals surface area contributed by atoms with Crippen LogP contribution < -0.4 is 11.1 Å². The van der Waals surface area contributed by atoms with Gasteiger partial charge >= 0.3 is 5.97 Å². The first-order valence-corrected chi connectivity index (χ1v) is 7.57. The van der Waals surface area contributed by atoms with E-state index in [1.165, 1.54) is 0 Å². The quantitative estimate of drug-likeness (QED) is 0.572. The summed E-state index contributed by atoms with van der Waals surface area (Å²) in [5, 5.41) is 2.52. The summed E-state index contributed by atoms with van der Waals surface area (Å²) in [6, 6.07) is 6.52. The zero-order valence-corrected chi connectivity index (χ0v) is 11.8. The molecule has 1 rings (SSSR count). The number of carbonyl (C=O) groups is 2. The Balaban J connectivity index is 2.49. The third-order valence-electron chi connectivity index (χ3n) is 2.38. The van der Waals surface area contributed by atoms with Crippen LogP contribution in [-0.2, 0) is 24.2 Å². The van der Waals surface area contributed by atoms with Gasteiger partial charge in [-0.25, -0.2) is 8.42 Å². The average molecular weight is 300 g/mol. The molecule has 3 N–H and O–H groups in total. The zero-order chi connectivity index (χ0) is 15.2. The van der Waals surface area contributed by atoms with Crippen molar-refractivity contribution < 1.29 is 22.7 Å². The zero-order valence-electron chi connectivity index (χ0n) is 11.0. The van der Waals surface area contributed by atoms with Crippen LogP contribution in [0.3, 0.4) is 0 Å². The highest BCUT2D eigenvalue weighted by Crippen LogP contribution is 2.12. The summed E-state index contributed by atoms with van der Waals surface area (Å²) in [4.78, 5) is 22.5. The molecule has 0 bridgehead atoms. The van der Waals surface area contributed by atoms with E-state index < -0.39 is 33.2 Å². The minimum atomic E-state index is -3.65. The van der Waals surface area contributed by atoms with Crippen molar-refractivity contribution in [3.05, 3.63) is 24.3 Å². The number of amides is 1. The lowest BCUT2D eigenvalue weighted by atomic mass is 10.3. The van der Waals surface area contributed by atoms with Crippen LogP contribution >= 0.6 is 0 Å². The molecule has 0 saturated carbocycles. The summed E-state index contributed by atoms with van der Waals surface area (Å²) >= 11 is 0. The van der Waals surface area contributed by atoms with E-state index in [0.29, 0.717) is 11.4 Å². The van der Waals surface area contributed by atoms with Crippen LogP contribution in [-0.4, -0.2) is 38.9 Å². The summed E-state index contributed by atoms with van der Waals surface area (Å²) < 4.78 is 27.3. The second-order valence-electron chi connectivity index (χ2n) is 4.09. The molecular formula is C12H16N2O5S. The highest BCUT2D eigenvalue weighted by atomic mass is 32.2. The molecule has 1 aromatic rings. The number of rotatable bonds is 6. The topological polar surface area (TPSA) is 116 Å². The predicted molar refractivity (Wildman–Crippen MR) is 74.8 cm³/mol. The van der Waals surface area contributed by atoms with E-state index in [1.54, 1.807) is 24.3 Å². The molecule has 110 valence electrons. The molecule has 0 aliphatic rings. The molecule has 0 spiro atoms. The number of sulfone groups is 1. The van der Waals surface area contributed by atoms with Gasteiger partial charge in [-0.2, -0.15) is 0 Å². The molecule has 0 aliphatic heterocycles. The van der Waals surface area contributed by atoms with Crippen LogP contribution in [0, 0.1) is 0 Å². The Morgan fingerprint density at radius 1 is 1.35 bits per heavy atom. The average Bonchev–Trinajstić information content (AvgIpc) is 2.36. The van der Waals surface area contributed by atoms with Crippen molar-refractivity contribution in [1.29, 1.82) is 0 Å². The van der Waals surface area contributed by atoms with Crippen molar-refractivity contribution in [2.24, 2.45) is 0 Å². The minimum Gasteiger partial charge on any atom is -0.468 e. The fourth-order valence-electron chi connectivity index (χ4n) is 1.40. The predicted octanol–water partition coefficient (Wildman–Crippen LogP) is 0.185. The van der Waals surface area contributed by atoms with Crippen LogP contribution in [0.15, 0.2) is 24.3 Å². The fourth-order valence-corrected chi connectivity index (χ4v) is 2.52. The number of hydrogen-bond acceptors (Lipinski definition) is 6. The van der Waals surface area contributed by atoms with Gasteiger partial charge in [-0.1, -0.05) is 6.07 Å². The van der Waals surface area contributed by atoms with Gasteiger partial charge in [0.05, 0.1) is 12.9 Å². The molecule has 0 atom stereocenters. The van der Waals surface area contributed by atoms with Crippen molar-refractivity contribution in [3.8, 4) is 0 Å². The number of ether oxygens (including phenoxy) is 1. The number of benzene rings is 1. The van der Waals surface area contributed by atoms with Crippen LogP contribution in [0.4, 0.5) is 11.4 Å². The van der Waals surface area contributed by atoms with Crippen molar-refractivity contribution in [2.75, 3.05) is 29.7 Å². The molecule has 8 heteroatoms. The number of anilines is 2. The number of nitrogens with one attached hydrogen (secondary N) is 1. The van der Waals surface area contributed by atoms with E-state index in [-0.39, 0.29) is 6.42 Å². The van der Waals surface area contributed by atoms with Gasteiger partial charge in [-0.15, -0.1) is 0 Å². The monoisotopic (exact) mass is 300 g/mol. The Kier molecular flexibility index (Phi) is 5.51. The first kappa shape index (κ1) is 16.0. The molecule has 1 amide bonds. The van der Waals surface area contributed by atoms with Crippen molar-refractivity contribution >= 4 is 33.1 Å². The molecule has 7 nitrogen and oxygen atoms in total. The smallest absolute Gasteiger partial charge is 0.320 e. The lowest BCUT2D eigenvalue weighted by molar-refractivity contribution is -0.137. The Labute approximate surface area is 117 Å². The summed E-state index contributed by atoms with van der Waals surface area (Å²) in [6.07, 6.45) is -0.242. The maximum atomic E-state index is 11.6. The van der Waals surface area contributed by atoms with E-state index >= 15 is 0 Å². The van der Waals surface area contributed by atoms with E-state index in [4.69, 9.17) is 5.73 Å². The lowest BCUT2D eigenvalue weighted by Gasteiger charge is -2.06. The first-order valence-electron chi connectivity index (χ1n) is 5.75. The van der Waals surface area contributed by atoms with Crippen molar-refractivity contribution in [3.63, 3.8) is 0 Å². The van der Waals surface area contributed by atoms with Crippen molar-refractivity contribution in [1.82, 2.24) is 0 Å². The van der Waals surface area contributed by atoms with E-state index in [0.717, 1.165) is 7.11 Å². The molecule has 0 aliphatic carbocycles. The number of methoxy groups -OCH3 is 1. The summed E-state index contributed by atoms with van der Waals surface area (Å²) in [6.45, 7) is 0. The standard InChI is InChI=1S/C12H16N2O5S/c1-19-12(16)8-20(17,18)6-5-11(15)14-10-4-2-3-9(13)7-10/h2-4,7H,5-6,8,13H2,1H3,(H,14,15). The third-order valence-corrected chi connectivity index (χ3v) is 3.88. The van der Waals surface area contributed by atoms with Crippen LogP contribution in [0.1, 0.15) is 6.42 Å². The van der Waals surface area contributed by atoms with E-state index in [1.807, 2.05) is 0 Å². The summed E-state index contributed by atoms with van der Waals surface area (Å²) in [7, 11) is -2.55.